The molecule has 9 heteroatoms. The summed E-state index contributed by atoms with van der Waals surface area (Å²) in [7, 11) is 0. The van der Waals surface area contributed by atoms with E-state index in [9.17, 15) is 23.2 Å². The Kier molecular flexibility index (Phi) is 7.16. The minimum Gasteiger partial charge on any atom is -0.618 e. The summed E-state index contributed by atoms with van der Waals surface area (Å²) in [5, 5.41) is 16.0. The second-order valence-electron chi connectivity index (χ2n) is 10.6. The van der Waals surface area contributed by atoms with Gasteiger partial charge in [-0.15, -0.1) is 0 Å². The summed E-state index contributed by atoms with van der Waals surface area (Å²) in [6.45, 7) is 8.22. The Morgan fingerprint density at radius 1 is 1.38 bits per heavy atom. The molecule has 3 aliphatic rings. The number of carbonyl (C=O) groups excluding carboxylic acids is 1. The predicted octanol–water partition coefficient (Wildman–Crippen LogP) is 3.82. The summed E-state index contributed by atoms with van der Waals surface area (Å²) < 4.78 is 45.7. The predicted molar refractivity (Wildman–Crippen MR) is 121 cm³/mol. The molecule has 0 aromatic carbocycles. The van der Waals surface area contributed by atoms with Gasteiger partial charge in [0.1, 0.15) is 5.56 Å². The van der Waals surface area contributed by atoms with Crippen LogP contribution < -0.4 is 10.0 Å². The van der Waals surface area contributed by atoms with Gasteiger partial charge in [0.05, 0.1) is 25.0 Å². The first-order valence-corrected chi connectivity index (χ1v) is 12.5. The molecule has 1 saturated carbocycles. The van der Waals surface area contributed by atoms with Crippen LogP contribution in [0.5, 0.6) is 0 Å². The first kappa shape index (κ1) is 25.2. The van der Waals surface area contributed by atoms with E-state index in [1.54, 1.807) is 4.90 Å². The normalized spacial score (nSPS) is 30.0. The number of rotatable bonds is 5. The first-order chi connectivity index (χ1) is 16.0. The van der Waals surface area contributed by atoms with Crippen molar-refractivity contribution in [3.63, 3.8) is 0 Å². The van der Waals surface area contributed by atoms with Crippen molar-refractivity contribution in [2.75, 3.05) is 19.8 Å². The molecule has 3 heterocycles. The van der Waals surface area contributed by atoms with Gasteiger partial charge in [0.2, 0.25) is 5.91 Å². The molecule has 4 rings (SSSR count). The van der Waals surface area contributed by atoms with E-state index in [0.717, 1.165) is 51.4 Å². The van der Waals surface area contributed by atoms with Gasteiger partial charge in [0.25, 0.3) is 0 Å². The highest BCUT2D eigenvalue weighted by Crippen LogP contribution is 2.47. The van der Waals surface area contributed by atoms with Gasteiger partial charge in [0.15, 0.2) is 11.9 Å². The van der Waals surface area contributed by atoms with Crippen molar-refractivity contribution in [2.45, 2.75) is 84.1 Å². The standard InChI is InChI=1S/C25H36F3N3O3/c1-4-17-15-34-10-7-21(17)29-20-5-8-24(12-20,16(2)3)23(32)30-9-6-22-18(13-30)11-19(14-31(22)33)25(26,27)28/h11,14,16-17,20-21,29H,4-10,12-13,15H2,1-3H3/t17-,20-,21-,24+/m1/s1. The molecule has 1 aromatic heterocycles. The van der Waals surface area contributed by atoms with E-state index in [1.807, 2.05) is 0 Å². The van der Waals surface area contributed by atoms with Crippen LogP contribution in [0.4, 0.5) is 13.2 Å². The van der Waals surface area contributed by atoms with Crippen LogP contribution in [0.2, 0.25) is 0 Å². The molecular formula is C25H36F3N3O3. The zero-order chi connectivity index (χ0) is 24.7. The van der Waals surface area contributed by atoms with Crippen molar-refractivity contribution in [1.29, 1.82) is 0 Å². The van der Waals surface area contributed by atoms with E-state index in [2.05, 4.69) is 26.1 Å². The number of amides is 1. The second kappa shape index (κ2) is 9.64. The fourth-order valence-corrected chi connectivity index (χ4v) is 6.14. The van der Waals surface area contributed by atoms with Crippen LogP contribution in [-0.2, 0) is 28.7 Å². The molecule has 2 fully saturated rings. The van der Waals surface area contributed by atoms with Crippen LogP contribution in [0.15, 0.2) is 12.3 Å². The van der Waals surface area contributed by atoms with Gasteiger partial charge >= 0.3 is 6.18 Å². The van der Waals surface area contributed by atoms with Gasteiger partial charge < -0.3 is 20.2 Å². The quantitative estimate of drug-likeness (QED) is 0.511. The number of carbonyl (C=O) groups is 1. The lowest BCUT2D eigenvalue weighted by Gasteiger charge is -2.39. The summed E-state index contributed by atoms with van der Waals surface area (Å²) in [6.07, 6.45) is 0.665. The Hall–Kier alpha value is -1.87. The molecule has 0 unspecified atom stereocenters. The Morgan fingerprint density at radius 2 is 2.15 bits per heavy atom. The Balaban J connectivity index is 1.50. The molecule has 190 valence electrons. The summed E-state index contributed by atoms with van der Waals surface area (Å²) in [4.78, 5) is 15.5. The molecule has 1 N–H and O–H groups in total. The molecule has 1 saturated heterocycles. The minimum atomic E-state index is -4.60. The summed E-state index contributed by atoms with van der Waals surface area (Å²) >= 11 is 0. The van der Waals surface area contributed by atoms with Crippen LogP contribution in [0.3, 0.4) is 0 Å². The second-order valence-corrected chi connectivity index (χ2v) is 10.6. The first-order valence-electron chi connectivity index (χ1n) is 12.5. The van der Waals surface area contributed by atoms with Gasteiger partial charge in [0, 0.05) is 30.8 Å². The third-order valence-corrected chi connectivity index (χ3v) is 8.35. The number of pyridine rings is 1. The molecule has 1 aliphatic carbocycles. The number of fused-ring (bicyclic) bond motifs is 1. The number of halogens is 3. The highest BCUT2D eigenvalue weighted by Gasteiger charge is 2.50. The number of hydrogen-bond acceptors (Lipinski definition) is 4. The summed E-state index contributed by atoms with van der Waals surface area (Å²) in [5.74, 6) is 0.584. The number of alkyl halides is 3. The molecule has 0 bridgehead atoms. The minimum absolute atomic E-state index is 0.00586. The van der Waals surface area contributed by atoms with Crippen LogP contribution in [-0.4, -0.2) is 42.6 Å². The SMILES string of the molecule is CC[C@@H]1COCC[C@H]1N[C@@H]1CC[C@@](C(=O)N2CCc3c(cc(C(F)(F)F)c[n+]3[O-])C2)(C(C)C)C1. The third-order valence-electron chi connectivity index (χ3n) is 8.35. The van der Waals surface area contributed by atoms with Crippen molar-refractivity contribution in [1.82, 2.24) is 10.2 Å². The summed E-state index contributed by atoms with van der Waals surface area (Å²) in [6, 6.07) is 1.65. The smallest absolute Gasteiger partial charge is 0.422 e. The maximum absolute atomic E-state index is 13.9. The van der Waals surface area contributed by atoms with E-state index in [1.165, 1.54) is 0 Å². The van der Waals surface area contributed by atoms with Crippen molar-refractivity contribution in [3.8, 4) is 0 Å². The molecule has 2 aliphatic heterocycles. The number of hydrogen-bond donors (Lipinski definition) is 1. The van der Waals surface area contributed by atoms with Crippen LogP contribution >= 0.6 is 0 Å². The highest BCUT2D eigenvalue weighted by atomic mass is 19.4. The fraction of sp³-hybridized carbons (Fsp3) is 0.760. The molecule has 34 heavy (non-hydrogen) atoms. The number of aromatic nitrogens is 1. The maximum atomic E-state index is 13.9. The van der Waals surface area contributed by atoms with E-state index in [-0.39, 0.29) is 30.8 Å². The zero-order valence-electron chi connectivity index (χ0n) is 20.3. The summed E-state index contributed by atoms with van der Waals surface area (Å²) in [5.41, 5.74) is -0.895. The lowest BCUT2D eigenvalue weighted by atomic mass is 9.74. The van der Waals surface area contributed by atoms with Gasteiger partial charge in [-0.05, 0) is 50.0 Å². The van der Waals surface area contributed by atoms with Crippen molar-refractivity contribution >= 4 is 5.91 Å². The fourth-order valence-electron chi connectivity index (χ4n) is 6.14. The molecular weight excluding hydrogens is 447 g/mol. The maximum Gasteiger partial charge on any atom is 0.422 e. The highest BCUT2D eigenvalue weighted by molar-refractivity contribution is 5.83. The van der Waals surface area contributed by atoms with Crippen molar-refractivity contribution < 1.29 is 27.4 Å². The lowest BCUT2D eigenvalue weighted by Crippen LogP contribution is -2.51. The largest absolute Gasteiger partial charge is 0.618 e. The van der Waals surface area contributed by atoms with Gasteiger partial charge in [-0.1, -0.05) is 20.8 Å². The van der Waals surface area contributed by atoms with Gasteiger partial charge in [-0.25, -0.2) is 0 Å². The molecule has 0 spiro atoms. The number of nitrogens with one attached hydrogen (secondary N) is 1. The van der Waals surface area contributed by atoms with Crippen molar-refractivity contribution in [2.24, 2.45) is 17.3 Å². The lowest BCUT2D eigenvalue weighted by molar-refractivity contribution is -0.616. The Morgan fingerprint density at radius 3 is 2.82 bits per heavy atom. The Bertz CT molecular complexity index is 907. The monoisotopic (exact) mass is 483 g/mol. The average molecular weight is 484 g/mol. The van der Waals surface area contributed by atoms with Crippen LogP contribution in [0.1, 0.15) is 69.7 Å². The molecule has 1 aromatic rings. The van der Waals surface area contributed by atoms with Gasteiger partial charge in [-0.3, -0.25) is 4.79 Å². The zero-order valence-corrected chi connectivity index (χ0v) is 20.3. The molecule has 4 atom stereocenters. The molecule has 6 nitrogen and oxygen atoms in total. The Labute approximate surface area is 199 Å². The van der Waals surface area contributed by atoms with Crippen molar-refractivity contribution in [3.05, 3.63) is 34.3 Å². The van der Waals surface area contributed by atoms with Gasteiger partial charge in [-0.2, -0.15) is 17.9 Å². The number of ether oxygens (including phenoxy) is 1. The van der Waals surface area contributed by atoms with E-state index in [4.69, 9.17) is 4.74 Å². The van der Waals surface area contributed by atoms with E-state index < -0.39 is 17.2 Å². The van der Waals surface area contributed by atoms with Crippen LogP contribution in [0.25, 0.3) is 0 Å². The molecule has 1 amide bonds. The van der Waals surface area contributed by atoms with E-state index in [0.29, 0.717) is 40.7 Å². The van der Waals surface area contributed by atoms with Crippen LogP contribution in [0, 0.1) is 22.5 Å². The molecule has 0 radical (unpaired) electrons. The topological polar surface area (TPSA) is 68.5 Å². The third kappa shape index (κ3) is 4.78. The van der Waals surface area contributed by atoms with E-state index >= 15 is 0 Å². The number of nitrogens with zero attached hydrogens (tertiary/aromatic N) is 2. The average Bonchev–Trinajstić information content (AvgIpc) is 3.23.